The number of hydrogen-bond donors (Lipinski definition) is 1. The standard InChI is InChI=1S/C28H29BrN4O/c1-19-7-10-23(17-20(19)2)30-28(34)21-13-15-32(16-14-21)18-27-31-25-5-3-4-6-26(25)33(27)24-11-8-22(29)9-12-24/h3-12,17,21H,13-16,18H2,1-2H3,(H,30,34). The van der Waals surface area contributed by atoms with Crippen LogP contribution < -0.4 is 5.32 Å². The van der Waals surface area contributed by atoms with E-state index in [4.69, 9.17) is 4.98 Å². The van der Waals surface area contributed by atoms with Gasteiger partial charge in [0.15, 0.2) is 0 Å². The number of carbonyl (C=O) groups is 1. The number of rotatable bonds is 5. The first kappa shape index (κ1) is 22.8. The zero-order valence-corrected chi connectivity index (χ0v) is 21.2. The summed E-state index contributed by atoms with van der Waals surface area (Å²) < 4.78 is 3.31. The van der Waals surface area contributed by atoms with Crippen LogP contribution in [0.1, 0.15) is 29.8 Å². The van der Waals surface area contributed by atoms with E-state index in [0.717, 1.165) is 65.2 Å². The maximum absolute atomic E-state index is 12.9. The van der Waals surface area contributed by atoms with Crippen LogP contribution in [0.25, 0.3) is 16.7 Å². The van der Waals surface area contributed by atoms with Crippen LogP contribution in [0.15, 0.2) is 71.2 Å². The summed E-state index contributed by atoms with van der Waals surface area (Å²) in [5.74, 6) is 1.20. The van der Waals surface area contributed by atoms with Gasteiger partial charge in [-0.25, -0.2) is 4.98 Å². The van der Waals surface area contributed by atoms with Gasteiger partial charge in [0.2, 0.25) is 5.91 Å². The molecule has 1 amide bonds. The van der Waals surface area contributed by atoms with E-state index in [1.807, 2.05) is 12.1 Å². The Bertz CT molecular complexity index is 1320. The molecule has 0 spiro atoms. The Kier molecular flexibility index (Phi) is 6.53. The topological polar surface area (TPSA) is 50.2 Å². The minimum atomic E-state index is 0.0446. The lowest BCUT2D eigenvalue weighted by molar-refractivity contribution is -0.121. The summed E-state index contributed by atoms with van der Waals surface area (Å²) in [5.41, 5.74) is 6.54. The quantitative estimate of drug-likeness (QED) is 0.340. The zero-order valence-electron chi connectivity index (χ0n) is 19.6. The van der Waals surface area contributed by atoms with E-state index in [0.29, 0.717) is 0 Å². The fourth-order valence-electron chi connectivity index (χ4n) is 4.68. The van der Waals surface area contributed by atoms with Gasteiger partial charge in [0, 0.05) is 21.8 Å². The number of anilines is 1. The lowest BCUT2D eigenvalue weighted by Crippen LogP contribution is -2.38. The van der Waals surface area contributed by atoms with E-state index in [9.17, 15) is 4.79 Å². The lowest BCUT2D eigenvalue weighted by atomic mass is 9.95. The number of carbonyl (C=O) groups excluding carboxylic acids is 1. The van der Waals surface area contributed by atoms with Crippen LogP contribution in [-0.2, 0) is 11.3 Å². The summed E-state index contributed by atoms with van der Waals surface area (Å²) in [7, 11) is 0. The minimum absolute atomic E-state index is 0.0446. The van der Waals surface area contributed by atoms with Gasteiger partial charge in [-0.05, 0) is 99.4 Å². The van der Waals surface area contributed by atoms with Gasteiger partial charge in [0.05, 0.1) is 17.6 Å². The van der Waals surface area contributed by atoms with E-state index in [1.54, 1.807) is 0 Å². The fraction of sp³-hybridized carbons (Fsp3) is 0.286. The summed E-state index contributed by atoms with van der Waals surface area (Å²) in [6.45, 7) is 6.69. The van der Waals surface area contributed by atoms with Gasteiger partial charge in [-0.1, -0.05) is 34.1 Å². The van der Waals surface area contributed by atoms with Gasteiger partial charge in [-0.3, -0.25) is 14.3 Å². The van der Waals surface area contributed by atoms with E-state index in [-0.39, 0.29) is 11.8 Å². The first-order chi connectivity index (χ1) is 16.5. The molecule has 174 valence electrons. The first-order valence-corrected chi connectivity index (χ1v) is 12.6. The molecular formula is C28H29BrN4O. The van der Waals surface area contributed by atoms with E-state index >= 15 is 0 Å². The Morgan fingerprint density at radius 3 is 2.47 bits per heavy atom. The number of benzene rings is 3. The highest BCUT2D eigenvalue weighted by atomic mass is 79.9. The van der Waals surface area contributed by atoms with Gasteiger partial charge in [0.1, 0.15) is 5.82 Å². The summed E-state index contributed by atoms with van der Waals surface area (Å²) >= 11 is 3.54. The number of nitrogens with one attached hydrogen (secondary N) is 1. The normalized spacial score (nSPS) is 15.0. The van der Waals surface area contributed by atoms with Crippen molar-refractivity contribution < 1.29 is 4.79 Å². The number of aryl methyl sites for hydroxylation is 2. The summed E-state index contributed by atoms with van der Waals surface area (Å²) in [4.78, 5) is 20.2. The number of nitrogens with zero attached hydrogens (tertiary/aromatic N) is 3. The van der Waals surface area contributed by atoms with E-state index in [1.165, 1.54) is 11.1 Å². The number of halogens is 1. The van der Waals surface area contributed by atoms with Crippen LogP contribution in [0.3, 0.4) is 0 Å². The number of likely N-dealkylation sites (tertiary alicyclic amines) is 1. The molecule has 3 aromatic carbocycles. The Morgan fingerprint density at radius 2 is 1.74 bits per heavy atom. The first-order valence-electron chi connectivity index (χ1n) is 11.8. The van der Waals surface area contributed by atoms with Crippen LogP contribution in [0, 0.1) is 19.8 Å². The molecule has 0 aliphatic carbocycles. The average Bonchev–Trinajstić information content (AvgIpc) is 3.20. The Hall–Kier alpha value is -2.96. The second kappa shape index (κ2) is 9.72. The Labute approximate surface area is 208 Å². The molecular weight excluding hydrogens is 488 g/mol. The van der Waals surface area contributed by atoms with Crippen molar-refractivity contribution >= 4 is 38.6 Å². The highest BCUT2D eigenvalue weighted by Gasteiger charge is 2.26. The predicted octanol–water partition coefficient (Wildman–Crippen LogP) is 6.26. The number of amides is 1. The molecule has 0 bridgehead atoms. The molecule has 1 aliphatic rings. The molecule has 1 fully saturated rings. The number of para-hydroxylation sites is 2. The van der Waals surface area contributed by atoms with Gasteiger partial charge in [0.25, 0.3) is 0 Å². The third kappa shape index (κ3) is 4.79. The SMILES string of the molecule is Cc1ccc(NC(=O)C2CCN(Cc3nc4ccccc4n3-c3ccc(Br)cc3)CC2)cc1C. The van der Waals surface area contributed by atoms with Crippen molar-refractivity contribution in [3.05, 3.63) is 88.2 Å². The van der Waals surface area contributed by atoms with Gasteiger partial charge in [-0.15, -0.1) is 0 Å². The van der Waals surface area contributed by atoms with Crippen molar-refractivity contribution in [3.63, 3.8) is 0 Å². The van der Waals surface area contributed by atoms with Crippen LogP contribution in [-0.4, -0.2) is 33.4 Å². The Balaban J connectivity index is 1.28. The fourth-order valence-corrected chi connectivity index (χ4v) is 4.94. The predicted molar refractivity (Wildman–Crippen MR) is 141 cm³/mol. The highest BCUT2D eigenvalue weighted by molar-refractivity contribution is 9.10. The molecule has 1 aromatic heterocycles. The number of hydrogen-bond acceptors (Lipinski definition) is 3. The molecule has 0 atom stereocenters. The third-order valence-corrected chi connectivity index (χ3v) is 7.34. The second-order valence-corrected chi connectivity index (χ2v) is 10.1. The van der Waals surface area contributed by atoms with Crippen molar-refractivity contribution in [2.45, 2.75) is 33.2 Å². The number of imidazole rings is 1. The molecule has 4 aromatic rings. The zero-order chi connectivity index (χ0) is 23.7. The number of fused-ring (bicyclic) bond motifs is 1. The largest absolute Gasteiger partial charge is 0.326 e. The van der Waals surface area contributed by atoms with Crippen LogP contribution in [0.5, 0.6) is 0 Å². The number of piperidine rings is 1. The molecule has 1 aliphatic heterocycles. The lowest BCUT2D eigenvalue weighted by Gasteiger charge is -2.31. The molecule has 5 rings (SSSR count). The van der Waals surface area contributed by atoms with Crippen molar-refractivity contribution in [2.24, 2.45) is 5.92 Å². The molecule has 0 saturated carbocycles. The molecule has 1 saturated heterocycles. The highest BCUT2D eigenvalue weighted by Crippen LogP contribution is 2.26. The molecule has 2 heterocycles. The number of aromatic nitrogens is 2. The van der Waals surface area contributed by atoms with Crippen molar-refractivity contribution in [2.75, 3.05) is 18.4 Å². The molecule has 6 heteroatoms. The summed E-state index contributed by atoms with van der Waals surface area (Å²) in [5, 5.41) is 3.12. The monoisotopic (exact) mass is 516 g/mol. The van der Waals surface area contributed by atoms with Crippen LogP contribution in [0.2, 0.25) is 0 Å². The molecule has 5 nitrogen and oxygen atoms in total. The third-order valence-electron chi connectivity index (χ3n) is 6.81. The summed E-state index contributed by atoms with van der Waals surface area (Å²) in [6.07, 6.45) is 1.71. The maximum atomic E-state index is 12.9. The van der Waals surface area contributed by atoms with Gasteiger partial charge in [-0.2, -0.15) is 0 Å². The second-order valence-electron chi connectivity index (χ2n) is 9.17. The van der Waals surface area contributed by atoms with Crippen molar-refractivity contribution in [1.82, 2.24) is 14.5 Å². The van der Waals surface area contributed by atoms with Gasteiger partial charge < -0.3 is 5.32 Å². The molecule has 1 N–H and O–H groups in total. The van der Waals surface area contributed by atoms with E-state index in [2.05, 4.69) is 99.2 Å². The minimum Gasteiger partial charge on any atom is -0.326 e. The summed E-state index contributed by atoms with van der Waals surface area (Å²) in [6, 6.07) is 22.7. The molecule has 0 unspecified atom stereocenters. The smallest absolute Gasteiger partial charge is 0.227 e. The van der Waals surface area contributed by atoms with Crippen LogP contribution in [0.4, 0.5) is 5.69 Å². The maximum Gasteiger partial charge on any atom is 0.227 e. The average molecular weight is 517 g/mol. The van der Waals surface area contributed by atoms with Gasteiger partial charge >= 0.3 is 0 Å². The Morgan fingerprint density at radius 1 is 1.00 bits per heavy atom. The van der Waals surface area contributed by atoms with Crippen molar-refractivity contribution in [3.8, 4) is 5.69 Å². The van der Waals surface area contributed by atoms with Crippen molar-refractivity contribution in [1.29, 1.82) is 0 Å². The molecule has 34 heavy (non-hydrogen) atoms. The molecule has 0 radical (unpaired) electrons. The van der Waals surface area contributed by atoms with E-state index < -0.39 is 0 Å². The van der Waals surface area contributed by atoms with Crippen LogP contribution >= 0.6 is 15.9 Å².